The molecule has 0 radical (unpaired) electrons. The lowest BCUT2D eigenvalue weighted by Crippen LogP contribution is -2.43. The van der Waals surface area contributed by atoms with Gasteiger partial charge in [0.2, 0.25) is 5.91 Å². The van der Waals surface area contributed by atoms with E-state index < -0.39 is 11.0 Å². The van der Waals surface area contributed by atoms with Gasteiger partial charge >= 0.3 is 0 Å². The molecule has 3 rings (SSSR count). The van der Waals surface area contributed by atoms with Crippen molar-refractivity contribution in [2.24, 2.45) is 5.73 Å². The average molecular weight is 259 g/mol. The molecule has 100 valence electrons. The van der Waals surface area contributed by atoms with Gasteiger partial charge in [0.05, 0.1) is 23.4 Å². The molecule has 2 saturated carbocycles. The molecular formula is C13H17N5O. The Hall–Kier alpha value is -1.90. The number of nitriles is 1. The number of hydrogen-bond donors (Lipinski definition) is 1. The van der Waals surface area contributed by atoms with Gasteiger partial charge in [-0.1, -0.05) is 24.5 Å². The standard InChI is InChI=1S/C13H17N5O/c14-9-12(6-7-12)18-8-10(16-17-18)13(11(15)19)4-2-1-3-5-13/h8H,1-7H2,(H2,15,19). The second-order valence-electron chi connectivity index (χ2n) is 5.70. The van der Waals surface area contributed by atoms with Gasteiger partial charge < -0.3 is 5.73 Å². The predicted molar refractivity (Wildman–Crippen MR) is 66.8 cm³/mol. The zero-order chi connectivity index (χ0) is 13.5. The van der Waals surface area contributed by atoms with Crippen LogP contribution in [0.15, 0.2) is 6.20 Å². The zero-order valence-corrected chi connectivity index (χ0v) is 10.8. The molecule has 0 aliphatic heterocycles. The van der Waals surface area contributed by atoms with Crippen LogP contribution >= 0.6 is 0 Å². The van der Waals surface area contributed by atoms with Gasteiger partial charge in [-0.05, 0) is 25.7 Å². The van der Waals surface area contributed by atoms with Crippen molar-refractivity contribution in [3.05, 3.63) is 11.9 Å². The van der Waals surface area contributed by atoms with Crippen LogP contribution in [-0.4, -0.2) is 20.9 Å². The summed E-state index contributed by atoms with van der Waals surface area (Å²) in [6, 6.07) is 2.27. The smallest absolute Gasteiger partial charge is 0.229 e. The normalized spacial score (nSPS) is 23.5. The van der Waals surface area contributed by atoms with Crippen molar-refractivity contribution in [1.82, 2.24) is 15.0 Å². The van der Waals surface area contributed by atoms with Gasteiger partial charge in [0.25, 0.3) is 0 Å². The van der Waals surface area contributed by atoms with Crippen LogP contribution in [0.1, 0.15) is 50.6 Å². The summed E-state index contributed by atoms with van der Waals surface area (Å²) >= 11 is 0. The van der Waals surface area contributed by atoms with Crippen molar-refractivity contribution < 1.29 is 4.79 Å². The highest BCUT2D eigenvalue weighted by Gasteiger charge is 2.48. The van der Waals surface area contributed by atoms with Crippen LogP contribution in [0.4, 0.5) is 0 Å². The SMILES string of the molecule is N#CC1(n2cc(C3(C(N)=O)CCCCC3)nn2)CC1. The molecule has 0 saturated heterocycles. The Morgan fingerprint density at radius 1 is 1.32 bits per heavy atom. The number of primary amides is 1. The summed E-state index contributed by atoms with van der Waals surface area (Å²) in [6.07, 6.45) is 7.93. The highest BCUT2D eigenvalue weighted by molar-refractivity contribution is 5.86. The summed E-state index contributed by atoms with van der Waals surface area (Å²) in [6.45, 7) is 0. The Labute approximate surface area is 111 Å². The van der Waals surface area contributed by atoms with Crippen molar-refractivity contribution >= 4 is 5.91 Å². The molecule has 2 N–H and O–H groups in total. The van der Waals surface area contributed by atoms with Crippen LogP contribution in [0.25, 0.3) is 0 Å². The molecule has 1 heterocycles. The first-order valence-electron chi connectivity index (χ1n) is 6.77. The van der Waals surface area contributed by atoms with Gasteiger partial charge in [0.1, 0.15) is 0 Å². The number of carbonyl (C=O) groups is 1. The molecule has 0 bridgehead atoms. The summed E-state index contributed by atoms with van der Waals surface area (Å²) in [5, 5.41) is 17.4. The molecule has 1 aromatic rings. The maximum Gasteiger partial charge on any atom is 0.229 e. The fourth-order valence-corrected chi connectivity index (χ4v) is 2.99. The highest BCUT2D eigenvalue weighted by atomic mass is 16.1. The quantitative estimate of drug-likeness (QED) is 0.874. The summed E-state index contributed by atoms with van der Waals surface area (Å²) in [7, 11) is 0. The van der Waals surface area contributed by atoms with Crippen molar-refractivity contribution in [3.8, 4) is 6.07 Å². The molecule has 0 aromatic carbocycles. The van der Waals surface area contributed by atoms with E-state index in [9.17, 15) is 10.1 Å². The highest BCUT2D eigenvalue weighted by Crippen LogP contribution is 2.44. The van der Waals surface area contributed by atoms with Crippen LogP contribution in [0.3, 0.4) is 0 Å². The maximum absolute atomic E-state index is 11.9. The molecule has 6 heteroatoms. The van der Waals surface area contributed by atoms with Gasteiger partial charge in [-0.15, -0.1) is 5.10 Å². The minimum Gasteiger partial charge on any atom is -0.369 e. The molecule has 2 aliphatic rings. The number of rotatable bonds is 3. The molecule has 1 amide bonds. The summed E-state index contributed by atoms with van der Waals surface area (Å²) in [5.41, 5.74) is 5.05. The van der Waals surface area contributed by atoms with E-state index in [-0.39, 0.29) is 5.91 Å². The van der Waals surface area contributed by atoms with Crippen LogP contribution in [0, 0.1) is 11.3 Å². The van der Waals surface area contributed by atoms with Crippen molar-refractivity contribution in [3.63, 3.8) is 0 Å². The van der Waals surface area contributed by atoms with Crippen molar-refractivity contribution in [2.45, 2.75) is 55.9 Å². The lowest BCUT2D eigenvalue weighted by molar-refractivity contribution is -0.124. The molecule has 0 unspecified atom stereocenters. The third kappa shape index (κ3) is 1.72. The topological polar surface area (TPSA) is 97.6 Å². The third-order valence-corrected chi connectivity index (χ3v) is 4.53. The Balaban J connectivity index is 1.96. The predicted octanol–water partition coefficient (Wildman–Crippen LogP) is 0.978. The van der Waals surface area contributed by atoms with E-state index in [4.69, 9.17) is 5.73 Å². The Morgan fingerprint density at radius 2 is 2.00 bits per heavy atom. The van der Waals surface area contributed by atoms with Gasteiger partial charge in [-0.3, -0.25) is 4.79 Å². The Kier molecular flexibility index (Phi) is 2.59. The molecular weight excluding hydrogens is 242 g/mol. The summed E-state index contributed by atoms with van der Waals surface area (Å²) in [4.78, 5) is 11.9. The fraction of sp³-hybridized carbons (Fsp3) is 0.692. The van der Waals surface area contributed by atoms with E-state index in [0.717, 1.165) is 44.9 Å². The number of nitrogens with zero attached hydrogens (tertiary/aromatic N) is 4. The van der Waals surface area contributed by atoms with Crippen molar-refractivity contribution in [1.29, 1.82) is 5.26 Å². The molecule has 0 atom stereocenters. The number of amides is 1. The largest absolute Gasteiger partial charge is 0.369 e. The first-order chi connectivity index (χ1) is 9.13. The van der Waals surface area contributed by atoms with Crippen LogP contribution in [0.5, 0.6) is 0 Å². The van der Waals surface area contributed by atoms with Crippen LogP contribution in [-0.2, 0) is 15.7 Å². The van der Waals surface area contributed by atoms with Crippen molar-refractivity contribution in [2.75, 3.05) is 0 Å². The lowest BCUT2D eigenvalue weighted by atomic mass is 9.71. The third-order valence-electron chi connectivity index (χ3n) is 4.53. The number of nitrogens with two attached hydrogens (primary N) is 1. The number of carbonyl (C=O) groups excluding carboxylic acids is 1. The Bertz CT molecular complexity index is 546. The minimum absolute atomic E-state index is 0.318. The van der Waals surface area contributed by atoms with Gasteiger partial charge in [-0.25, -0.2) is 4.68 Å². The van der Waals surface area contributed by atoms with Gasteiger partial charge in [0, 0.05) is 0 Å². The molecule has 1 aromatic heterocycles. The first kappa shape index (κ1) is 12.2. The fourth-order valence-electron chi connectivity index (χ4n) is 2.99. The van der Waals surface area contributed by atoms with E-state index in [1.54, 1.807) is 10.9 Å². The average Bonchev–Trinajstić information content (AvgIpc) is 3.08. The molecule has 2 fully saturated rings. The minimum atomic E-state index is -0.679. The van der Waals surface area contributed by atoms with Crippen LogP contribution in [0.2, 0.25) is 0 Å². The molecule has 0 spiro atoms. The molecule has 2 aliphatic carbocycles. The maximum atomic E-state index is 11.9. The monoisotopic (exact) mass is 259 g/mol. The summed E-state index contributed by atoms with van der Waals surface area (Å²) in [5.74, 6) is -0.318. The van der Waals surface area contributed by atoms with E-state index in [1.807, 2.05) is 0 Å². The van der Waals surface area contributed by atoms with Crippen LogP contribution < -0.4 is 5.73 Å². The van der Waals surface area contributed by atoms with E-state index >= 15 is 0 Å². The molecule has 19 heavy (non-hydrogen) atoms. The van der Waals surface area contributed by atoms with E-state index in [1.165, 1.54) is 0 Å². The van der Waals surface area contributed by atoms with Gasteiger partial charge in [0.15, 0.2) is 5.54 Å². The first-order valence-corrected chi connectivity index (χ1v) is 6.77. The second kappa shape index (κ2) is 4.05. The van der Waals surface area contributed by atoms with E-state index in [0.29, 0.717) is 5.69 Å². The lowest BCUT2D eigenvalue weighted by Gasteiger charge is -2.32. The zero-order valence-electron chi connectivity index (χ0n) is 10.8. The Morgan fingerprint density at radius 3 is 2.53 bits per heavy atom. The second-order valence-corrected chi connectivity index (χ2v) is 5.70. The van der Waals surface area contributed by atoms with Gasteiger partial charge in [-0.2, -0.15) is 5.26 Å². The number of hydrogen-bond acceptors (Lipinski definition) is 4. The molecule has 6 nitrogen and oxygen atoms in total. The van der Waals surface area contributed by atoms with E-state index in [2.05, 4.69) is 16.4 Å². The summed E-state index contributed by atoms with van der Waals surface area (Å²) < 4.78 is 1.61. The number of aromatic nitrogens is 3.